The Bertz CT molecular complexity index is 851. The first kappa shape index (κ1) is 23.1. The second-order valence-electron chi connectivity index (χ2n) is 9.50. The summed E-state index contributed by atoms with van der Waals surface area (Å²) in [6.45, 7) is 10.4. The summed E-state index contributed by atoms with van der Waals surface area (Å²) in [5.74, 6) is 1.11. The number of pyridine rings is 1. The molecule has 0 radical (unpaired) electrons. The van der Waals surface area contributed by atoms with Crippen LogP contribution in [-0.4, -0.2) is 40.1 Å². The van der Waals surface area contributed by atoms with Gasteiger partial charge in [-0.05, 0) is 55.0 Å². The standard InChI is InChI=1S/C26H38N4O/c1-5-30(18-16-21-11-9-10-17-27-21)25(28-22-12-7-6-8-13-22)29-23-19-20(26(2,3)4)14-15-24(23)31/h9-11,14-15,17,19,22,31H,5-8,12-13,16,18H2,1-4H3,(H,28,29). The Hall–Kier alpha value is -2.56. The van der Waals surface area contributed by atoms with Gasteiger partial charge in [0.2, 0.25) is 0 Å². The smallest absolute Gasteiger partial charge is 0.198 e. The number of aliphatic imine (C=N–C) groups is 1. The second-order valence-corrected chi connectivity index (χ2v) is 9.50. The minimum absolute atomic E-state index is 0.00816. The number of anilines is 1. The Kier molecular flexibility index (Phi) is 7.94. The number of benzene rings is 1. The quantitative estimate of drug-likeness (QED) is 0.353. The molecule has 3 rings (SSSR count). The van der Waals surface area contributed by atoms with Gasteiger partial charge in [-0.25, -0.2) is 4.99 Å². The maximum Gasteiger partial charge on any atom is 0.198 e. The van der Waals surface area contributed by atoms with Crippen molar-refractivity contribution in [2.45, 2.75) is 77.7 Å². The van der Waals surface area contributed by atoms with Crippen molar-refractivity contribution >= 4 is 11.6 Å². The molecule has 1 saturated carbocycles. The maximum atomic E-state index is 10.6. The molecule has 1 aromatic heterocycles. The van der Waals surface area contributed by atoms with Crippen LogP contribution in [0, 0.1) is 0 Å². The molecule has 5 heteroatoms. The van der Waals surface area contributed by atoms with Crippen LogP contribution in [0.4, 0.5) is 5.69 Å². The Balaban J connectivity index is 1.86. The first-order valence-electron chi connectivity index (χ1n) is 11.7. The van der Waals surface area contributed by atoms with E-state index in [0.717, 1.165) is 49.7 Å². The lowest BCUT2D eigenvalue weighted by Gasteiger charge is -2.29. The molecule has 1 fully saturated rings. The predicted molar refractivity (Wildman–Crippen MR) is 130 cm³/mol. The SMILES string of the molecule is CCN(CCc1ccccn1)C(=NC1CCCCC1)Nc1cc(C(C)(C)C)ccc1O. The minimum Gasteiger partial charge on any atom is -0.506 e. The van der Waals surface area contributed by atoms with Crippen molar-refractivity contribution in [2.24, 2.45) is 4.99 Å². The van der Waals surface area contributed by atoms with Crippen LogP contribution in [0.1, 0.15) is 71.1 Å². The van der Waals surface area contributed by atoms with E-state index in [4.69, 9.17) is 4.99 Å². The number of guanidine groups is 1. The summed E-state index contributed by atoms with van der Waals surface area (Å²) in [5.41, 5.74) is 2.99. The Labute approximate surface area is 187 Å². The lowest BCUT2D eigenvalue weighted by molar-refractivity contribution is 0.413. The lowest BCUT2D eigenvalue weighted by Crippen LogP contribution is -2.39. The van der Waals surface area contributed by atoms with Crippen molar-refractivity contribution in [1.82, 2.24) is 9.88 Å². The van der Waals surface area contributed by atoms with E-state index in [1.54, 1.807) is 6.07 Å². The van der Waals surface area contributed by atoms with E-state index < -0.39 is 0 Å². The van der Waals surface area contributed by atoms with Crippen molar-refractivity contribution < 1.29 is 5.11 Å². The summed E-state index contributed by atoms with van der Waals surface area (Å²) in [6, 6.07) is 12.2. The first-order valence-corrected chi connectivity index (χ1v) is 11.7. The van der Waals surface area contributed by atoms with Crippen LogP contribution in [-0.2, 0) is 11.8 Å². The van der Waals surface area contributed by atoms with Crippen LogP contribution >= 0.6 is 0 Å². The maximum absolute atomic E-state index is 10.6. The highest BCUT2D eigenvalue weighted by atomic mass is 16.3. The van der Waals surface area contributed by atoms with E-state index in [9.17, 15) is 5.11 Å². The summed E-state index contributed by atoms with van der Waals surface area (Å²) < 4.78 is 0. The number of likely N-dealkylation sites (N-methyl/N-ethyl adjacent to an activating group) is 1. The number of aromatic nitrogens is 1. The van der Waals surface area contributed by atoms with Gasteiger partial charge in [0.25, 0.3) is 0 Å². The van der Waals surface area contributed by atoms with Gasteiger partial charge in [-0.3, -0.25) is 4.98 Å². The number of aromatic hydroxyl groups is 1. The van der Waals surface area contributed by atoms with Gasteiger partial charge in [0.05, 0.1) is 11.7 Å². The van der Waals surface area contributed by atoms with Crippen molar-refractivity contribution in [2.75, 3.05) is 18.4 Å². The van der Waals surface area contributed by atoms with E-state index in [2.05, 4.69) is 55.0 Å². The molecule has 0 amide bonds. The number of rotatable bonds is 6. The molecule has 5 nitrogen and oxygen atoms in total. The summed E-state index contributed by atoms with van der Waals surface area (Å²) in [6.07, 6.45) is 8.76. The van der Waals surface area contributed by atoms with Gasteiger partial charge < -0.3 is 15.3 Å². The fourth-order valence-corrected chi connectivity index (χ4v) is 4.01. The summed E-state index contributed by atoms with van der Waals surface area (Å²) in [7, 11) is 0. The second kappa shape index (κ2) is 10.7. The summed E-state index contributed by atoms with van der Waals surface area (Å²) >= 11 is 0. The number of phenolic OH excluding ortho intramolecular Hbond substituents is 1. The van der Waals surface area contributed by atoms with Crippen molar-refractivity contribution in [1.29, 1.82) is 0 Å². The molecule has 1 aliphatic rings. The van der Waals surface area contributed by atoms with E-state index in [1.807, 2.05) is 24.4 Å². The summed E-state index contributed by atoms with van der Waals surface area (Å²) in [5, 5.41) is 14.1. The summed E-state index contributed by atoms with van der Waals surface area (Å²) in [4.78, 5) is 11.9. The number of hydrogen-bond acceptors (Lipinski definition) is 3. The number of phenols is 1. The zero-order valence-corrected chi connectivity index (χ0v) is 19.6. The van der Waals surface area contributed by atoms with Gasteiger partial charge in [-0.2, -0.15) is 0 Å². The third-order valence-corrected chi connectivity index (χ3v) is 6.03. The number of nitrogens with zero attached hydrogens (tertiary/aromatic N) is 3. The molecule has 0 spiro atoms. The highest BCUT2D eigenvalue weighted by Crippen LogP contribution is 2.31. The fourth-order valence-electron chi connectivity index (χ4n) is 4.01. The average Bonchev–Trinajstić information content (AvgIpc) is 2.76. The molecule has 0 unspecified atom stereocenters. The van der Waals surface area contributed by atoms with Crippen molar-refractivity contribution in [3.63, 3.8) is 0 Å². The first-order chi connectivity index (χ1) is 14.9. The molecule has 1 heterocycles. The molecule has 0 aliphatic heterocycles. The average molecular weight is 423 g/mol. The molecule has 2 aromatic rings. The molecule has 1 aromatic carbocycles. The van der Waals surface area contributed by atoms with Gasteiger partial charge in [0, 0.05) is 31.4 Å². The fraction of sp³-hybridized carbons (Fsp3) is 0.538. The van der Waals surface area contributed by atoms with E-state index in [1.165, 1.54) is 24.8 Å². The number of hydrogen-bond donors (Lipinski definition) is 2. The monoisotopic (exact) mass is 422 g/mol. The van der Waals surface area contributed by atoms with E-state index in [-0.39, 0.29) is 11.2 Å². The van der Waals surface area contributed by atoms with Crippen LogP contribution in [0.25, 0.3) is 0 Å². The lowest BCUT2D eigenvalue weighted by atomic mass is 9.87. The normalized spacial score (nSPS) is 15.7. The number of nitrogens with one attached hydrogen (secondary N) is 1. The molecule has 31 heavy (non-hydrogen) atoms. The van der Waals surface area contributed by atoms with Crippen molar-refractivity contribution in [3.05, 3.63) is 53.9 Å². The van der Waals surface area contributed by atoms with E-state index >= 15 is 0 Å². The molecule has 0 saturated heterocycles. The van der Waals surface area contributed by atoms with Gasteiger partial charge >= 0.3 is 0 Å². The van der Waals surface area contributed by atoms with Crippen molar-refractivity contribution in [3.8, 4) is 5.75 Å². The largest absolute Gasteiger partial charge is 0.506 e. The topological polar surface area (TPSA) is 60.8 Å². The minimum atomic E-state index is 0.00816. The van der Waals surface area contributed by atoms with Gasteiger partial charge in [-0.1, -0.05) is 52.2 Å². The molecule has 168 valence electrons. The predicted octanol–water partition coefficient (Wildman–Crippen LogP) is 5.75. The van der Waals surface area contributed by atoms with E-state index in [0.29, 0.717) is 6.04 Å². The third kappa shape index (κ3) is 6.71. The molecular weight excluding hydrogens is 384 g/mol. The molecule has 1 aliphatic carbocycles. The van der Waals surface area contributed by atoms with Gasteiger partial charge in [0.1, 0.15) is 5.75 Å². The highest BCUT2D eigenvalue weighted by molar-refractivity contribution is 5.95. The van der Waals surface area contributed by atoms with Crippen LogP contribution in [0.5, 0.6) is 5.75 Å². The Morgan fingerprint density at radius 1 is 1.16 bits per heavy atom. The molecule has 0 bridgehead atoms. The zero-order valence-electron chi connectivity index (χ0n) is 19.6. The Morgan fingerprint density at radius 2 is 1.94 bits per heavy atom. The van der Waals surface area contributed by atoms with Gasteiger partial charge in [-0.15, -0.1) is 0 Å². The zero-order chi connectivity index (χ0) is 22.3. The van der Waals surface area contributed by atoms with Crippen LogP contribution < -0.4 is 5.32 Å². The Morgan fingerprint density at radius 3 is 2.58 bits per heavy atom. The highest BCUT2D eigenvalue weighted by Gasteiger charge is 2.20. The third-order valence-electron chi connectivity index (χ3n) is 6.03. The van der Waals surface area contributed by atoms with Gasteiger partial charge in [0.15, 0.2) is 5.96 Å². The molecule has 0 atom stereocenters. The molecule has 2 N–H and O–H groups in total. The van der Waals surface area contributed by atoms with Crippen LogP contribution in [0.15, 0.2) is 47.6 Å². The van der Waals surface area contributed by atoms with Crippen LogP contribution in [0.2, 0.25) is 0 Å². The van der Waals surface area contributed by atoms with Crippen LogP contribution in [0.3, 0.4) is 0 Å². The molecular formula is C26H38N4O.